The van der Waals surface area contributed by atoms with Gasteiger partial charge in [-0.1, -0.05) is 20.8 Å². The van der Waals surface area contributed by atoms with E-state index in [1.54, 1.807) is 0 Å². The van der Waals surface area contributed by atoms with E-state index in [4.69, 9.17) is 39.8 Å². The third-order valence-corrected chi connectivity index (χ3v) is 32.6. The molecule has 26 heteroatoms. The standard InChI is InChI=1S/C32H61F13O9Si4/c1-13-46-56(47-14-2,48-15-3)22(10)55(23(11)57(49-16-4,50-17-5)51-18-6,24(12)58(52-19-7,53-20-8)54-21-9)28(37)30(40,41)32(44,45)31(42,43)29(38,39)26(34)25(33)27(35)36/h22-28H,13-21H2,1-12H3. The Labute approximate surface area is 337 Å². The molecule has 6 atom stereocenters. The van der Waals surface area contributed by atoms with Gasteiger partial charge in [0.1, 0.15) is 8.07 Å². The zero-order chi connectivity index (χ0) is 45.8. The van der Waals surface area contributed by atoms with Crippen molar-refractivity contribution in [2.75, 3.05) is 59.5 Å². The summed E-state index contributed by atoms with van der Waals surface area (Å²) in [6.45, 7) is 12.5. The van der Waals surface area contributed by atoms with Gasteiger partial charge in [-0.2, -0.15) is 35.1 Å². The minimum atomic E-state index is -7.74. The van der Waals surface area contributed by atoms with Crippen LogP contribution in [0.4, 0.5) is 57.1 Å². The second kappa shape index (κ2) is 23.3. The lowest BCUT2D eigenvalue weighted by molar-refractivity contribution is -0.383. The molecule has 9 nitrogen and oxygen atoms in total. The van der Waals surface area contributed by atoms with Crippen molar-refractivity contribution < 1.29 is 96.9 Å². The molecule has 350 valence electrons. The lowest BCUT2D eigenvalue weighted by atomic mass is 9.94. The average molecular weight is 949 g/mol. The van der Waals surface area contributed by atoms with Crippen LogP contribution in [0, 0.1) is 0 Å². The van der Waals surface area contributed by atoms with Crippen LogP contribution in [0.2, 0.25) is 15.5 Å². The molecule has 0 saturated carbocycles. The number of rotatable bonds is 32. The topological polar surface area (TPSA) is 83.1 Å². The smallest absolute Gasteiger partial charge is 0.374 e. The van der Waals surface area contributed by atoms with Crippen LogP contribution in [0.25, 0.3) is 0 Å². The third-order valence-electron chi connectivity index (χ3n) is 9.81. The monoisotopic (exact) mass is 948 g/mol. The van der Waals surface area contributed by atoms with Gasteiger partial charge in [-0.25, -0.2) is 22.0 Å². The van der Waals surface area contributed by atoms with Crippen LogP contribution >= 0.6 is 0 Å². The van der Waals surface area contributed by atoms with E-state index in [2.05, 4.69) is 0 Å². The first-order valence-electron chi connectivity index (χ1n) is 19.1. The van der Waals surface area contributed by atoms with Gasteiger partial charge in [-0.05, 0) is 62.3 Å². The van der Waals surface area contributed by atoms with Crippen LogP contribution in [-0.2, 0) is 39.8 Å². The van der Waals surface area contributed by atoms with E-state index in [0.29, 0.717) is 0 Å². The molecule has 0 aromatic rings. The number of hydrogen-bond donors (Lipinski definition) is 0. The lowest BCUT2D eigenvalue weighted by Gasteiger charge is -2.57. The lowest BCUT2D eigenvalue weighted by Crippen LogP contribution is -2.80. The summed E-state index contributed by atoms with van der Waals surface area (Å²) >= 11 is 0. The molecular weight excluding hydrogens is 888 g/mol. The molecule has 0 aromatic heterocycles. The quantitative estimate of drug-likeness (QED) is 0.0484. The van der Waals surface area contributed by atoms with E-state index in [1.165, 1.54) is 62.3 Å². The van der Waals surface area contributed by atoms with Gasteiger partial charge in [0.15, 0.2) is 12.0 Å². The van der Waals surface area contributed by atoms with Gasteiger partial charge in [-0.15, -0.1) is 0 Å². The summed E-state index contributed by atoms with van der Waals surface area (Å²) in [6.07, 6.45) is -15.1. The van der Waals surface area contributed by atoms with E-state index >= 15 is 30.7 Å². The van der Waals surface area contributed by atoms with E-state index in [9.17, 15) is 26.3 Å². The van der Waals surface area contributed by atoms with Gasteiger partial charge in [-0.3, -0.25) is 0 Å². The summed E-state index contributed by atoms with van der Waals surface area (Å²) in [7, 11) is -20.7. The minimum Gasteiger partial charge on any atom is -0.374 e. The van der Waals surface area contributed by atoms with Crippen molar-refractivity contribution in [3.05, 3.63) is 0 Å². The van der Waals surface area contributed by atoms with Crippen LogP contribution in [-0.4, -0.2) is 142 Å². The number of halogens is 13. The third kappa shape index (κ3) is 10.7. The first-order valence-corrected chi connectivity index (χ1v) is 26.9. The SMILES string of the molecule is CCO[Si](OCC)(OCC)C(C)[Si](C(F)C(F)(F)C(F)(F)C(F)(F)C(F)(F)C(F)C(F)C(F)F)(C(C)[Si](OCC)(OCC)OCC)C(C)[Si](OCC)(OCC)OCC. The Morgan fingerprint density at radius 1 is 0.379 bits per heavy atom. The molecule has 0 bridgehead atoms. The maximum absolute atomic E-state index is 18.4. The van der Waals surface area contributed by atoms with Gasteiger partial charge in [0.25, 0.3) is 6.43 Å². The van der Waals surface area contributed by atoms with Crippen molar-refractivity contribution in [2.45, 2.75) is 147 Å². The predicted octanol–water partition coefficient (Wildman–Crippen LogP) is 9.73. The van der Waals surface area contributed by atoms with Crippen LogP contribution in [0.15, 0.2) is 0 Å². The first kappa shape index (κ1) is 57.6. The summed E-state index contributed by atoms with van der Waals surface area (Å²) < 4.78 is 254. The fourth-order valence-electron chi connectivity index (χ4n) is 7.41. The molecule has 0 heterocycles. The number of hydrogen-bond acceptors (Lipinski definition) is 9. The van der Waals surface area contributed by atoms with E-state index in [0.717, 1.165) is 20.8 Å². The zero-order valence-electron chi connectivity index (χ0n) is 35.0. The van der Waals surface area contributed by atoms with Crippen LogP contribution in [0.1, 0.15) is 83.1 Å². The highest BCUT2D eigenvalue weighted by atomic mass is 28.5. The molecule has 0 saturated heterocycles. The molecule has 58 heavy (non-hydrogen) atoms. The molecule has 0 aliphatic carbocycles. The van der Waals surface area contributed by atoms with Crippen molar-refractivity contribution in [1.29, 1.82) is 0 Å². The van der Waals surface area contributed by atoms with Crippen LogP contribution < -0.4 is 0 Å². The van der Waals surface area contributed by atoms with E-state index in [1.807, 2.05) is 0 Å². The highest BCUT2D eigenvalue weighted by Crippen LogP contribution is 2.63. The van der Waals surface area contributed by atoms with Crippen molar-refractivity contribution in [2.24, 2.45) is 0 Å². The van der Waals surface area contributed by atoms with E-state index in [-0.39, 0.29) is 59.5 Å². The fraction of sp³-hybridized carbons (Fsp3) is 1.00. The van der Waals surface area contributed by atoms with Crippen LogP contribution in [0.5, 0.6) is 0 Å². The van der Waals surface area contributed by atoms with E-state index < -0.39 is 98.2 Å². The maximum Gasteiger partial charge on any atom is 0.501 e. The van der Waals surface area contributed by atoms with Gasteiger partial charge in [0.05, 0.1) is 0 Å². The summed E-state index contributed by atoms with van der Waals surface area (Å²) in [5.41, 5.74) is 0. The molecule has 0 fully saturated rings. The molecule has 6 unspecified atom stereocenters. The molecule has 0 radical (unpaired) electrons. The summed E-state index contributed by atoms with van der Waals surface area (Å²) in [6, 6.07) is 0. The zero-order valence-corrected chi connectivity index (χ0v) is 39.0. The predicted molar refractivity (Wildman–Crippen MR) is 196 cm³/mol. The Kier molecular flexibility index (Phi) is 23.2. The second-order valence-electron chi connectivity index (χ2n) is 12.8. The maximum atomic E-state index is 18.4. The van der Waals surface area contributed by atoms with Gasteiger partial charge < -0.3 is 39.8 Å². The largest absolute Gasteiger partial charge is 0.501 e. The van der Waals surface area contributed by atoms with Gasteiger partial charge >= 0.3 is 50.1 Å². The van der Waals surface area contributed by atoms with Crippen molar-refractivity contribution in [3.8, 4) is 0 Å². The molecule has 0 amide bonds. The molecule has 0 aliphatic rings. The Balaban J connectivity index is 9.44. The first-order chi connectivity index (χ1) is 26.7. The molecule has 0 rings (SSSR count). The van der Waals surface area contributed by atoms with Crippen LogP contribution in [0.3, 0.4) is 0 Å². The molecule has 0 spiro atoms. The Hall–Kier alpha value is -0.402. The van der Waals surface area contributed by atoms with Crippen molar-refractivity contribution >= 4 is 34.5 Å². The van der Waals surface area contributed by atoms with Gasteiger partial charge in [0, 0.05) is 75.0 Å². The molecule has 0 N–H and O–H groups in total. The Morgan fingerprint density at radius 2 is 0.586 bits per heavy atom. The number of alkyl halides is 13. The minimum absolute atomic E-state index is 0.347. The Morgan fingerprint density at radius 3 is 0.776 bits per heavy atom. The summed E-state index contributed by atoms with van der Waals surface area (Å²) in [5, 5.41) is -6.08. The van der Waals surface area contributed by atoms with Crippen molar-refractivity contribution in [1.82, 2.24) is 0 Å². The molecule has 0 aromatic carbocycles. The normalized spacial score (nSPS) is 18.5. The summed E-state index contributed by atoms with van der Waals surface area (Å²) in [5.74, 6) is -34.4. The van der Waals surface area contributed by atoms with Gasteiger partial charge in [0.2, 0.25) is 6.17 Å². The summed E-state index contributed by atoms with van der Waals surface area (Å²) in [4.78, 5) is 0. The highest BCUT2D eigenvalue weighted by Gasteiger charge is 2.88. The Bertz CT molecular complexity index is 1060. The fourth-order valence-corrected chi connectivity index (χ4v) is 35.3. The molecule has 0 aliphatic heterocycles. The highest BCUT2D eigenvalue weighted by molar-refractivity contribution is 7.07. The average Bonchev–Trinajstić information content (AvgIpc) is 3.14. The molecular formula is C32H61F13O9Si4. The second-order valence-corrected chi connectivity index (χ2v) is 28.5. The van der Waals surface area contributed by atoms with Crippen molar-refractivity contribution in [3.63, 3.8) is 0 Å².